The van der Waals surface area contributed by atoms with Crippen LogP contribution in [0.5, 0.6) is 11.5 Å². The van der Waals surface area contributed by atoms with Crippen LogP contribution in [0.3, 0.4) is 0 Å². The van der Waals surface area contributed by atoms with Gasteiger partial charge in [-0.3, -0.25) is 4.79 Å². The summed E-state index contributed by atoms with van der Waals surface area (Å²) >= 11 is 9.30. The summed E-state index contributed by atoms with van der Waals surface area (Å²) in [4.78, 5) is 12.4. The second-order valence-electron chi connectivity index (χ2n) is 6.30. The quantitative estimate of drug-likeness (QED) is 0.635. The Labute approximate surface area is 172 Å². The van der Waals surface area contributed by atoms with Crippen LogP contribution in [-0.4, -0.2) is 31.3 Å². The lowest BCUT2D eigenvalue weighted by Gasteiger charge is -2.16. The molecular weight excluding hydrogens is 434 g/mol. The van der Waals surface area contributed by atoms with Gasteiger partial charge in [-0.15, -0.1) is 0 Å². The lowest BCUT2D eigenvalue weighted by molar-refractivity contribution is -0.122. The van der Waals surface area contributed by atoms with E-state index in [1.165, 1.54) is 0 Å². The summed E-state index contributed by atoms with van der Waals surface area (Å²) in [5.74, 6) is 0.987. The molecule has 27 heavy (non-hydrogen) atoms. The molecule has 0 spiro atoms. The van der Waals surface area contributed by atoms with Gasteiger partial charge in [0.1, 0.15) is 18.1 Å². The minimum atomic E-state index is -0.682. The third-order valence-corrected chi connectivity index (χ3v) is 4.98. The molecule has 2 atom stereocenters. The zero-order chi connectivity index (χ0) is 19.2. The Bertz CT molecular complexity index is 795. The van der Waals surface area contributed by atoms with E-state index in [1.807, 2.05) is 18.2 Å². The number of amides is 1. The van der Waals surface area contributed by atoms with Crippen molar-refractivity contribution in [3.8, 4) is 11.5 Å². The summed E-state index contributed by atoms with van der Waals surface area (Å²) in [6.45, 7) is 3.00. The Morgan fingerprint density at radius 3 is 2.96 bits per heavy atom. The van der Waals surface area contributed by atoms with Gasteiger partial charge in [-0.05, 0) is 66.0 Å². The molecule has 3 rings (SSSR count). The van der Waals surface area contributed by atoms with E-state index in [1.54, 1.807) is 31.2 Å². The number of hydrogen-bond donors (Lipinski definition) is 1. The maximum atomic E-state index is 12.4. The van der Waals surface area contributed by atoms with Crippen LogP contribution in [0.4, 0.5) is 5.69 Å². The van der Waals surface area contributed by atoms with Crippen LogP contribution in [0, 0.1) is 0 Å². The molecule has 1 aliphatic rings. The van der Waals surface area contributed by atoms with E-state index in [2.05, 4.69) is 21.2 Å². The van der Waals surface area contributed by atoms with Crippen molar-refractivity contribution in [1.82, 2.24) is 0 Å². The maximum absolute atomic E-state index is 12.4. The van der Waals surface area contributed by atoms with Gasteiger partial charge >= 0.3 is 0 Å². The fourth-order valence-electron chi connectivity index (χ4n) is 2.69. The van der Waals surface area contributed by atoms with Crippen LogP contribution in [0.15, 0.2) is 46.9 Å². The Morgan fingerprint density at radius 2 is 2.22 bits per heavy atom. The predicted octanol–water partition coefficient (Wildman–Crippen LogP) is 5.07. The van der Waals surface area contributed by atoms with Gasteiger partial charge in [-0.1, -0.05) is 17.7 Å². The summed E-state index contributed by atoms with van der Waals surface area (Å²) in [6.07, 6.45) is 1.56. The lowest BCUT2D eigenvalue weighted by Crippen LogP contribution is -2.30. The van der Waals surface area contributed by atoms with E-state index in [4.69, 9.17) is 25.8 Å². The van der Waals surface area contributed by atoms with E-state index < -0.39 is 6.10 Å². The van der Waals surface area contributed by atoms with Crippen LogP contribution in [0.1, 0.15) is 19.8 Å². The number of ether oxygens (including phenoxy) is 3. The predicted molar refractivity (Wildman–Crippen MR) is 109 cm³/mol. The summed E-state index contributed by atoms with van der Waals surface area (Å²) in [5, 5.41) is 3.43. The molecule has 1 aliphatic heterocycles. The van der Waals surface area contributed by atoms with Gasteiger partial charge in [-0.2, -0.15) is 0 Å². The summed E-state index contributed by atoms with van der Waals surface area (Å²) in [7, 11) is 0. The Morgan fingerprint density at radius 1 is 1.37 bits per heavy atom. The number of benzene rings is 2. The van der Waals surface area contributed by atoms with Gasteiger partial charge in [0.15, 0.2) is 6.10 Å². The van der Waals surface area contributed by atoms with Crippen molar-refractivity contribution >= 4 is 39.1 Å². The summed E-state index contributed by atoms with van der Waals surface area (Å²) in [6, 6.07) is 12.4. The Balaban J connectivity index is 1.55. The molecule has 1 fully saturated rings. The molecule has 1 amide bonds. The fourth-order valence-corrected chi connectivity index (χ4v) is 3.46. The Kier molecular flexibility index (Phi) is 6.99. The van der Waals surface area contributed by atoms with Gasteiger partial charge in [-0.25, -0.2) is 0 Å². The van der Waals surface area contributed by atoms with Crippen LogP contribution in [-0.2, 0) is 9.53 Å². The molecule has 1 heterocycles. The molecule has 144 valence electrons. The smallest absolute Gasteiger partial charge is 0.265 e. The van der Waals surface area contributed by atoms with E-state index in [0.717, 1.165) is 19.4 Å². The van der Waals surface area contributed by atoms with Gasteiger partial charge < -0.3 is 19.5 Å². The first-order valence-electron chi connectivity index (χ1n) is 8.78. The number of carbonyl (C=O) groups excluding carboxylic acids is 1. The van der Waals surface area contributed by atoms with Crippen molar-refractivity contribution in [2.45, 2.75) is 32.0 Å². The molecule has 1 saturated heterocycles. The molecule has 0 bridgehead atoms. The first-order chi connectivity index (χ1) is 13.0. The third kappa shape index (κ3) is 5.86. The molecular formula is C20H21BrClNO4. The topological polar surface area (TPSA) is 56.8 Å². The second kappa shape index (κ2) is 9.44. The molecule has 2 aromatic carbocycles. The lowest BCUT2D eigenvalue weighted by atomic mass is 10.2. The SMILES string of the molecule is CC(Oc1ccc(Cl)cc1Br)C(=O)Nc1cccc(OCC2CCCO2)c1. The Hall–Kier alpha value is -1.76. The van der Waals surface area contributed by atoms with Crippen molar-refractivity contribution in [2.75, 3.05) is 18.5 Å². The minimum absolute atomic E-state index is 0.148. The van der Waals surface area contributed by atoms with Gasteiger partial charge in [0.05, 0.1) is 10.6 Å². The number of anilines is 1. The molecule has 7 heteroatoms. The van der Waals surface area contributed by atoms with Crippen molar-refractivity contribution in [3.63, 3.8) is 0 Å². The normalized spacial score (nSPS) is 17.4. The maximum Gasteiger partial charge on any atom is 0.265 e. The van der Waals surface area contributed by atoms with E-state index in [9.17, 15) is 4.79 Å². The van der Waals surface area contributed by atoms with Crippen molar-refractivity contribution in [2.24, 2.45) is 0 Å². The second-order valence-corrected chi connectivity index (χ2v) is 7.59. The number of hydrogen-bond acceptors (Lipinski definition) is 4. The molecule has 1 N–H and O–H groups in total. The number of halogens is 2. The third-order valence-electron chi connectivity index (χ3n) is 4.13. The largest absolute Gasteiger partial charge is 0.491 e. The molecule has 0 saturated carbocycles. The fraction of sp³-hybridized carbons (Fsp3) is 0.350. The van der Waals surface area contributed by atoms with E-state index >= 15 is 0 Å². The van der Waals surface area contributed by atoms with E-state index in [0.29, 0.717) is 33.3 Å². The van der Waals surface area contributed by atoms with Gasteiger partial charge in [0.25, 0.3) is 5.91 Å². The van der Waals surface area contributed by atoms with Crippen molar-refractivity contribution in [1.29, 1.82) is 0 Å². The van der Waals surface area contributed by atoms with Gasteiger partial charge in [0.2, 0.25) is 0 Å². The summed E-state index contributed by atoms with van der Waals surface area (Å²) in [5.41, 5.74) is 0.649. The summed E-state index contributed by atoms with van der Waals surface area (Å²) < 4.78 is 17.7. The first-order valence-corrected chi connectivity index (χ1v) is 9.95. The van der Waals surface area contributed by atoms with Crippen LogP contribution in [0.2, 0.25) is 5.02 Å². The number of nitrogens with one attached hydrogen (secondary N) is 1. The van der Waals surface area contributed by atoms with Crippen LogP contribution >= 0.6 is 27.5 Å². The minimum Gasteiger partial charge on any atom is -0.491 e. The van der Waals surface area contributed by atoms with Crippen LogP contribution < -0.4 is 14.8 Å². The molecule has 0 radical (unpaired) electrons. The molecule has 0 aromatic heterocycles. The highest BCUT2D eigenvalue weighted by molar-refractivity contribution is 9.10. The standard InChI is InChI=1S/C20H21BrClNO4/c1-13(27-19-8-7-14(22)10-18(19)21)20(24)23-15-4-2-5-16(11-15)26-12-17-6-3-9-25-17/h2,4-5,7-8,10-11,13,17H,3,6,9,12H2,1H3,(H,23,24). The first kappa shape index (κ1) is 20.0. The van der Waals surface area contributed by atoms with Gasteiger partial charge in [0, 0.05) is 23.4 Å². The van der Waals surface area contributed by atoms with Crippen molar-refractivity contribution < 1.29 is 19.0 Å². The van der Waals surface area contributed by atoms with Crippen molar-refractivity contribution in [3.05, 3.63) is 52.0 Å². The highest BCUT2D eigenvalue weighted by Gasteiger charge is 2.18. The molecule has 2 aromatic rings. The molecule has 5 nitrogen and oxygen atoms in total. The zero-order valence-electron chi connectivity index (χ0n) is 14.9. The average Bonchev–Trinajstić information content (AvgIpc) is 3.16. The molecule has 2 unspecified atom stereocenters. The van der Waals surface area contributed by atoms with Crippen LogP contribution in [0.25, 0.3) is 0 Å². The van der Waals surface area contributed by atoms with E-state index in [-0.39, 0.29) is 12.0 Å². The zero-order valence-corrected chi connectivity index (χ0v) is 17.3. The molecule has 0 aliphatic carbocycles. The highest BCUT2D eigenvalue weighted by Crippen LogP contribution is 2.29. The number of carbonyl (C=O) groups is 1. The monoisotopic (exact) mass is 453 g/mol. The average molecular weight is 455 g/mol. The highest BCUT2D eigenvalue weighted by atomic mass is 79.9. The number of rotatable bonds is 7.